The second kappa shape index (κ2) is 6.63. The quantitative estimate of drug-likeness (QED) is 0.881. The fraction of sp³-hybridized carbons (Fsp3) is 0.278. The number of fused-ring (bicyclic) bond motifs is 1. The molecule has 22 heavy (non-hydrogen) atoms. The zero-order valence-corrected chi connectivity index (χ0v) is 13.8. The van der Waals surface area contributed by atoms with Crippen LogP contribution in [0.3, 0.4) is 0 Å². The van der Waals surface area contributed by atoms with Crippen LogP contribution in [0.4, 0.5) is 0 Å². The van der Waals surface area contributed by atoms with Crippen LogP contribution in [0.2, 0.25) is 0 Å². The molecule has 0 radical (unpaired) electrons. The van der Waals surface area contributed by atoms with Crippen molar-refractivity contribution in [2.24, 2.45) is 5.73 Å². The van der Waals surface area contributed by atoms with Gasteiger partial charge >= 0.3 is 0 Å². The second-order valence-electron chi connectivity index (χ2n) is 5.70. The standard InChI is InChI=1S/C18H19BrN2O/c19-15-8-4-7-14-13(15)9-10-17(14)21-18(22)16(20)11-12-5-2-1-3-6-12/h1-8,16-17H,9-11,20H2,(H,21,22)/t16-,17?/m0/s1. The highest BCUT2D eigenvalue weighted by molar-refractivity contribution is 9.10. The van der Waals surface area contributed by atoms with E-state index in [1.165, 1.54) is 11.1 Å². The van der Waals surface area contributed by atoms with Gasteiger partial charge in [-0.3, -0.25) is 4.79 Å². The van der Waals surface area contributed by atoms with Gasteiger partial charge in [0.1, 0.15) is 0 Å². The lowest BCUT2D eigenvalue weighted by Crippen LogP contribution is -2.43. The molecule has 0 spiro atoms. The molecule has 2 atom stereocenters. The summed E-state index contributed by atoms with van der Waals surface area (Å²) < 4.78 is 1.12. The van der Waals surface area contributed by atoms with E-state index in [1.807, 2.05) is 42.5 Å². The van der Waals surface area contributed by atoms with Crippen molar-refractivity contribution < 1.29 is 4.79 Å². The molecule has 0 saturated heterocycles. The monoisotopic (exact) mass is 358 g/mol. The molecule has 3 rings (SSSR count). The summed E-state index contributed by atoms with van der Waals surface area (Å²) in [5.74, 6) is -0.0818. The third-order valence-corrected chi connectivity index (χ3v) is 4.91. The van der Waals surface area contributed by atoms with E-state index in [4.69, 9.17) is 5.73 Å². The summed E-state index contributed by atoms with van der Waals surface area (Å²) in [5.41, 5.74) is 9.64. The Bertz CT molecular complexity index is 672. The third-order valence-electron chi connectivity index (χ3n) is 4.17. The molecule has 1 unspecified atom stereocenters. The predicted molar refractivity (Wildman–Crippen MR) is 91.5 cm³/mol. The van der Waals surface area contributed by atoms with E-state index in [0.717, 1.165) is 22.9 Å². The maximum atomic E-state index is 12.4. The Morgan fingerprint density at radius 3 is 2.77 bits per heavy atom. The van der Waals surface area contributed by atoms with Crippen LogP contribution in [-0.2, 0) is 17.6 Å². The van der Waals surface area contributed by atoms with Crippen molar-refractivity contribution in [3.05, 3.63) is 69.7 Å². The number of carbonyl (C=O) groups excluding carboxylic acids is 1. The van der Waals surface area contributed by atoms with E-state index in [0.29, 0.717) is 6.42 Å². The fourth-order valence-corrected chi connectivity index (χ4v) is 3.58. The molecule has 2 aromatic rings. The summed E-state index contributed by atoms with van der Waals surface area (Å²) in [6.45, 7) is 0. The van der Waals surface area contributed by atoms with Crippen molar-refractivity contribution in [1.29, 1.82) is 0 Å². The lowest BCUT2D eigenvalue weighted by atomic mass is 10.0. The van der Waals surface area contributed by atoms with E-state index in [2.05, 4.69) is 27.3 Å². The summed E-state index contributed by atoms with van der Waals surface area (Å²) in [6.07, 6.45) is 2.47. The van der Waals surface area contributed by atoms with E-state index in [9.17, 15) is 4.79 Å². The number of hydrogen-bond donors (Lipinski definition) is 2. The average Bonchev–Trinajstić information content (AvgIpc) is 2.93. The minimum Gasteiger partial charge on any atom is -0.348 e. The van der Waals surface area contributed by atoms with Crippen LogP contribution in [0, 0.1) is 0 Å². The van der Waals surface area contributed by atoms with E-state index < -0.39 is 6.04 Å². The zero-order valence-electron chi connectivity index (χ0n) is 12.3. The number of carbonyl (C=O) groups is 1. The van der Waals surface area contributed by atoms with Gasteiger partial charge in [0, 0.05) is 4.47 Å². The molecule has 0 heterocycles. The number of nitrogens with one attached hydrogen (secondary N) is 1. The Hall–Kier alpha value is -1.65. The smallest absolute Gasteiger partial charge is 0.237 e. The van der Waals surface area contributed by atoms with Crippen LogP contribution >= 0.6 is 15.9 Å². The molecular formula is C18H19BrN2O. The maximum absolute atomic E-state index is 12.4. The highest BCUT2D eigenvalue weighted by Crippen LogP contribution is 2.35. The molecule has 4 heteroatoms. The third kappa shape index (κ3) is 3.23. The van der Waals surface area contributed by atoms with Crippen molar-refractivity contribution in [2.75, 3.05) is 0 Å². The number of benzene rings is 2. The van der Waals surface area contributed by atoms with Crippen molar-refractivity contribution in [1.82, 2.24) is 5.32 Å². The molecule has 2 aromatic carbocycles. The normalized spacial score (nSPS) is 17.8. The minimum atomic E-state index is -0.515. The van der Waals surface area contributed by atoms with Crippen molar-refractivity contribution in [2.45, 2.75) is 31.3 Å². The average molecular weight is 359 g/mol. The summed E-state index contributed by atoms with van der Waals surface area (Å²) in [7, 11) is 0. The van der Waals surface area contributed by atoms with E-state index in [1.54, 1.807) is 0 Å². The molecular weight excluding hydrogens is 340 g/mol. The van der Waals surface area contributed by atoms with Gasteiger partial charge in [0.15, 0.2) is 0 Å². The molecule has 114 valence electrons. The van der Waals surface area contributed by atoms with E-state index >= 15 is 0 Å². The number of nitrogens with two attached hydrogens (primary N) is 1. The van der Waals surface area contributed by atoms with Gasteiger partial charge in [-0.05, 0) is 42.0 Å². The molecule has 0 fully saturated rings. The van der Waals surface area contributed by atoms with Gasteiger partial charge in [-0.25, -0.2) is 0 Å². The molecule has 0 bridgehead atoms. The van der Waals surface area contributed by atoms with Gasteiger partial charge in [-0.15, -0.1) is 0 Å². The molecule has 1 amide bonds. The lowest BCUT2D eigenvalue weighted by Gasteiger charge is -2.18. The van der Waals surface area contributed by atoms with Crippen molar-refractivity contribution in [3.63, 3.8) is 0 Å². The number of hydrogen-bond acceptors (Lipinski definition) is 2. The Kier molecular flexibility index (Phi) is 4.60. The Labute approximate surface area is 139 Å². The molecule has 3 nitrogen and oxygen atoms in total. The first-order valence-corrected chi connectivity index (χ1v) is 8.31. The van der Waals surface area contributed by atoms with Gasteiger partial charge < -0.3 is 11.1 Å². The van der Waals surface area contributed by atoms with Crippen molar-refractivity contribution in [3.8, 4) is 0 Å². The summed E-state index contributed by atoms with van der Waals surface area (Å²) in [4.78, 5) is 12.4. The predicted octanol–water partition coefficient (Wildman–Crippen LogP) is 3.12. The molecule has 3 N–H and O–H groups in total. The number of rotatable bonds is 4. The minimum absolute atomic E-state index is 0.0711. The SMILES string of the molecule is N[C@@H](Cc1ccccc1)C(=O)NC1CCc2c(Br)cccc21. The summed E-state index contributed by atoms with van der Waals surface area (Å²) in [5, 5.41) is 3.10. The van der Waals surface area contributed by atoms with Gasteiger partial charge in [0.05, 0.1) is 12.1 Å². The number of amides is 1. The van der Waals surface area contributed by atoms with Crippen LogP contribution in [0.25, 0.3) is 0 Å². The van der Waals surface area contributed by atoms with Crippen LogP contribution in [0.1, 0.15) is 29.2 Å². The largest absolute Gasteiger partial charge is 0.348 e. The highest BCUT2D eigenvalue weighted by Gasteiger charge is 2.26. The number of halogens is 1. The Morgan fingerprint density at radius 1 is 1.23 bits per heavy atom. The highest BCUT2D eigenvalue weighted by atomic mass is 79.9. The first-order chi connectivity index (χ1) is 10.6. The van der Waals surface area contributed by atoms with Gasteiger partial charge in [0.2, 0.25) is 5.91 Å². The second-order valence-corrected chi connectivity index (χ2v) is 6.56. The summed E-state index contributed by atoms with van der Waals surface area (Å²) >= 11 is 3.58. The Balaban J connectivity index is 1.65. The van der Waals surface area contributed by atoms with Crippen molar-refractivity contribution >= 4 is 21.8 Å². The van der Waals surface area contributed by atoms with Crippen LogP contribution in [0.5, 0.6) is 0 Å². The topological polar surface area (TPSA) is 55.1 Å². The molecule has 1 aliphatic rings. The first kappa shape index (κ1) is 15.3. The van der Waals surface area contributed by atoms with E-state index in [-0.39, 0.29) is 11.9 Å². The van der Waals surface area contributed by atoms with Crippen LogP contribution in [-0.4, -0.2) is 11.9 Å². The molecule has 1 aliphatic carbocycles. The van der Waals surface area contributed by atoms with Crippen LogP contribution in [0.15, 0.2) is 53.0 Å². The van der Waals surface area contributed by atoms with Crippen LogP contribution < -0.4 is 11.1 Å². The maximum Gasteiger partial charge on any atom is 0.237 e. The molecule has 0 aliphatic heterocycles. The fourth-order valence-electron chi connectivity index (χ4n) is 3.00. The Morgan fingerprint density at radius 2 is 2.00 bits per heavy atom. The first-order valence-electron chi connectivity index (χ1n) is 7.52. The van der Waals surface area contributed by atoms with Gasteiger partial charge in [-0.2, -0.15) is 0 Å². The molecule has 0 saturated carbocycles. The summed E-state index contributed by atoms with van der Waals surface area (Å²) in [6, 6.07) is 15.6. The zero-order chi connectivity index (χ0) is 15.5. The van der Waals surface area contributed by atoms with Gasteiger partial charge in [-0.1, -0.05) is 58.4 Å². The van der Waals surface area contributed by atoms with Gasteiger partial charge in [0.25, 0.3) is 0 Å². The molecule has 0 aromatic heterocycles. The lowest BCUT2D eigenvalue weighted by molar-refractivity contribution is -0.123.